The number of rotatable bonds is 5. The molecule has 172 valence electrons. The first kappa shape index (κ1) is 23.1. The average Bonchev–Trinajstić information content (AvgIpc) is 3.10. The number of anilines is 2. The summed E-state index contributed by atoms with van der Waals surface area (Å²) in [5.41, 5.74) is 2.79. The lowest BCUT2D eigenvalue weighted by atomic mass is 9.96. The molecule has 6 nitrogen and oxygen atoms in total. The number of thiophene rings is 1. The number of amides is 1. The molecule has 1 aromatic heterocycles. The standard InChI is InChI=1S/C24H30ClN3O3S/c1-31-24(30)22-19-6-4-2-3-5-7-20(19)32-23(22)26-21(29)16-27-12-14-28(15-13-27)18-10-8-17(25)9-11-18/h8-11H,2-7,12-16H2,1H3,(H,26,29). The zero-order valence-corrected chi connectivity index (χ0v) is 20.1. The summed E-state index contributed by atoms with van der Waals surface area (Å²) in [6.45, 7) is 3.64. The fourth-order valence-electron chi connectivity index (χ4n) is 4.51. The van der Waals surface area contributed by atoms with Crippen molar-refractivity contribution in [1.29, 1.82) is 0 Å². The Morgan fingerprint density at radius 2 is 1.72 bits per heavy atom. The molecule has 0 atom stereocenters. The third-order valence-corrected chi connectivity index (χ3v) is 7.70. The van der Waals surface area contributed by atoms with Crippen molar-refractivity contribution in [3.63, 3.8) is 0 Å². The lowest BCUT2D eigenvalue weighted by Gasteiger charge is -2.35. The van der Waals surface area contributed by atoms with Crippen molar-refractivity contribution in [3.05, 3.63) is 45.3 Å². The SMILES string of the molecule is COC(=O)c1c(NC(=O)CN2CCN(c3ccc(Cl)cc3)CC2)sc2c1CCCCCC2. The van der Waals surface area contributed by atoms with Crippen molar-refractivity contribution in [1.82, 2.24) is 4.90 Å². The first-order valence-electron chi connectivity index (χ1n) is 11.3. The quantitative estimate of drug-likeness (QED) is 0.640. The Hall–Kier alpha value is -2.09. The third-order valence-electron chi connectivity index (χ3n) is 6.25. The zero-order valence-electron chi connectivity index (χ0n) is 18.5. The predicted octanol–water partition coefficient (Wildman–Crippen LogP) is 4.61. The average molecular weight is 476 g/mol. The lowest BCUT2D eigenvalue weighted by Crippen LogP contribution is -2.48. The van der Waals surface area contributed by atoms with Crippen LogP contribution in [0.5, 0.6) is 0 Å². The number of piperazine rings is 1. The van der Waals surface area contributed by atoms with Crippen LogP contribution < -0.4 is 10.2 Å². The van der Waals surface area contributed by atoms with Gasteiger partial charge in [-0.15, -0.1) is 11.3 Å². The van der Waals surface area contributed by atoms with Crippen LogP contribution in [0.1, 0.15) is 46.5 Å². The summed E-state index contributed by atoms with van der Waals surface area (Å²) in [7, 11) is 1.40. The molecule has 2 heterocycles. The summed E-state index contributed by atoms with van der Waals surface area (Å²) in [6.07, 6.45) is 6.43. The molecule has 0 unspecified atom stereocenters. The van der Waals surface area contributed by atoms with E-state index in [9.17, 15) is 9.59 Å². The van der Waals surface area contributed by atoms with Crippen LogP contribution in [0, 0.1) is 0 Å². The van der Waals surface area contributed by atoms with Crippen LogP contribution in [0.3, 0.4) is 0 Å². The summed E-state index contributed by atoms with van der Waals surface area (Å²) in [4.78, 5) is 31.1. The molecule has 32 heavy (non-hydrogen) atoms. The largest absolute Gasteiger partial charge is 0.465 e. The Balaban J connectivity index is 1.38. The maximum Gasteiger partial charge on any atom is 0.341 e. The molecular weight excluding hydrogens is 446 g/mol. The van der Waals surface area contributed by atoms with Crippen molar-refractivity contribution in [2.45, 2.75) is 38.5 Å². The molecule has 2 aromatic rings. The van der Waals surface area contributed by atoms with E-state index in [1.807, 2.05) is 24.3 Å². The molecule has 0 spiro atoms. The number of ether oxygens (including phenoxy) is 1. The topological polar surface area (TPSA) is 61.9 Å². The van der Waals surface area contributed by atoms with Gasteiger partial charge in [0.2, 0.25) is 5.91 Å². The number of carbonyl (C=O) groups excluding carboxylic acids is 2. The summed E-state index contributed by atoms with van der Waals surface area (Å²) in [5, 5.41) is 4.41. The molecule has 4 rings (SSSR count). The molecule has 0 saturated carbocycles. The molecule has 0 radical (unpaired) electrons. The number of aryl methyl sites for hydroxylation is 1. The van der Waals surface area contributed by atoms with Gasteiger partial charge in [0.1, 0.15) is 5.00 Å². The number of hydrogen-bond acceptors (Lipinski definition) is 6. The van der Waals surface area contributed by atoms with E-state index in [-0.39, 0.29) is 11.9 Å². The molecule has 1 N–H and O–H groups in total. The molecule has 1 saturated heterocycles. The minimum Gasteiger partial charge on any atom is -0.465 e. The molecule has 1 aromatic carbocycles. The van der Waals surface area contributed by atoms with Gasteiger partial charge in [0.15, 0.2) is 0 Å². The maximum absolute atomic E-state index is 12.9. The molecule has 0 bridgehead atoms. The molecular formula is C24H30ClN3O3S. The van der Waals surface area contributed by atoms with E-state index in [1.54, 1.807) is 11.3 Å². The van der Waals surface area contributed by atoms with Crippen molar-refractivity contribution < 1.29 is 14.3 Å². The Bertz CT molecular complexity index is 952. The Morgan fingerprint density at radius 1 is 1.03 bits per heavy atom. The normalized spacial score (nSPS) is 17.2. The molecule has 8 heteroatoms. The number of benzene rings is 1. The van der Waals surface area contributed by atoms with Gasteiger partial charge in [0, 0.05) is 41.8 Å². The molecule has 1 amide bonds. The van der Waals surface area contributed by atoms with Gasteiger partial charge in [-0.05, 0) is 55.5 Å². The first-order valence-corrected chi connectivity index (χ1v) is 12.5. The second kappa shape index (κ2) is 10.7. The van der Waals surface area contributed by atoms with E-state index in [0.29, 0.717) is 17.1 Å². The third kappa shape index (κ3) is 5.45. The molecule has 2 aliphatic rings. The van der Waals surface area contributed by atoms with E-state index < -0.39 is 0 Å². The van der Waals surface area contributed by atoms with Crippen LogP contribution >= 0.6 is 22.9 Å². The van der Waals surface area contributed by atoms with Crippen LogP contribution in [0.2, 0.25) is 5.02 Å². The number of hydrogen-bond donors (Lipinski definition) is 1. The number of fused-ring (bicyclic) bond motifs is 1. The van der Waals surface area contributed by atoms with Crippen LogP contribution in [-0.4, -0.2) is 56.6 Å². The second-order valence-electron chi connectivity index (χ2n) is 8.40. The number of nitrogens with zero attached hydrogens (tertiary/aromatic N) is 2. The number of methoxy groups -OCH3 is 1. The smallest absolute Gasteiger partial charge is 0.341 e. The minimum atomic E-state index is -0.352. The number of carbonyl (C=O) groups is 2. The van der Waals surface area contributed by atoms with Crippen molar-refractivity contribution in [3.8, 4) is 0 Å². The van der Waals surface area contributed by atoms with E-state index in [4.69, 9.17) is 16.3 Å². The van der Waals surface area contributed by atoms with Crippen LogP contribution in [-0.2, 0) is 22.4 Å². The van der Waals surface area contributed by atoms with Gasteiger partial charge in [0.05, 0.1) is 19.2 Å². The number of nitrogens with one attached hydrogen (secondary N) is 1. The number of esters is 1. The zero-order chi connectivity index (χ0) is 22.5. The van der Waals surface area contributed by atoms with Crippen molar-refractivity contribution >= 4 is 45.5 Å². The molecule has 1 aliphatic heterocycles. The van der Waals surface area contributed by atoms with Gasteiger partial charge in [-0.3, -0.25) is 9.69 Å². The van der Waals surface area contributed by atoms with E-state index in [2.05, 4.69) is 15.1 Å². The fraction of sp³-hybridized carbons (Fsp3) is 0.500. The Morgan fingerprint density at radius 3 is 2.41 bits per heavy atom. The van der Waals surface area contributed by atoms with Crippen LogP contribution in [0.15, 0.2) is 24.3 Å². The summed E-state index contributed by atoms with van der Waals surface area (Å²) < 4.78 is 5.06. The molecule has 1 aliphatic carbocycles. The van der Waals surface area contributed by atoms with Crippen LogP contribution in [0.4, 0.5) is 10.7 Å². The fourth-order valence-corrected chi connectivity index (χ4v) is 5.93. The van der Waals surface area contributed by atoms with Gasteiger partial charge >= 0.3 is 5.97 Å². The van der Waals surface area contributed by atoms with E-state index >= 15 is 0 Å². The minimum absolute atomic E-state index is 0.0793. The van der Waals surface area contributed by atoms with E-state index in [1.165, 1.54) is 24.8 Å². The maximum atomic E-state index is 12.9. The van der Waals surface area contributed by atoms with Crippen molar-refractivity contribution in [2.75, 3.05) is 50.1 Å². The molecule has 1 fully saturated rings. The summed E-state index contributed by atoms with van der Waals surface area (Å²) in [5.74, 6) is -0.431. The van der Waals surface area contributed by atoms with Crippen molar-refractivity contribution in [2.24, 2.45) is 0 Å². The highest BCUT2D eigenvalue weighted by Crippen LogP contribution is 2.37. The monoisotopic (exact) mass is 475 g/mol. The van der Waals surface area contributed by atoms with Gasteiger partial charge in [-0.1, -0.05) is 24.4 Å². The Labute approximate surface area is 198 Å². The second-order valence-corrected chi connectivity index (χ2v) is 9.94. The van der Waals surface area contributed by atoms with Gasteiger partial charge in [-0.2, -0.15) is 0 Å². The number of halogens is 1. The lowest BCUT2D eigenvalue weighted by molar-refractivity contribution is -0.117. The van der Waals surface area contributed by atoms with E-state index in [0.717, 1.165) is 68.1 Å². The Kier molecular flexibility index (Phi) is 7.71. The highest BCUT2D eigenvalue weighted by molar-refractivity contribution is 7.17. The highest BCUT2D eigenvalue weighted by Gasteiger charge is 2.27. The van der Waals surface area contributed by atoms with Gasteiger partial charge in [-0.25, -0.2) is 4.79 Å². The first-order chi connectivity index (χ1) is 15.5. The van der Waals surface area contributed by atoms with Gasteiger partial charge < -0.3 is 15.0 Å². The summed E-state index contributed by atoms with van der Waals surface area (Å²) in [6, 6.07) is 7.87. The van der Waals surface area contributed by atoms with Crippen LogP contribution in [0.25, 0.3) is 0 Å². The predicted molar refractivity (Wildman–Crippen MR) is 130 cm³/mol. The highest BCUT2D eigenvalue weighted by atomic mass is 35.5. The summed E-state index contributed by atoms with van der Waals surface area (Å²) >= 11 is 7.53. The van der Waals surface area contributed by atoms with Gasteiger partial charge in [0.25, 0.3) is 0 Å².